The van der Waals surface area contributed by atoms with Crippen molar-refractivity contribution < 1.29 is 63.0 Å². The summed E-state index contributed by atoms with van der Waals surface area (Å²) in [5.41, 5.74) is 1.67. The second kappa shape index (κ2) is 23.7. The first-order chi connectivity index (χ1) is 28.8. The Hall–Kier alpha value is -4.47. The van der Waals surface area contributed by atoms with E-state index in [-0.39, 0.29) is 36.9 Å². The summed E-state index contributed by atoms with van der Waals surface area (Å²) in [4.78, 5) is 63.3. The number of carbonyl (C=O) groups excluding carboxylic acids is 5. The molecule has 1 saturated carbocycles. The van der Waals surface area contributed by atoms with Crippen molar-refractivity contribution >= 4 is 29.4 Å². The van der Waals surface area contributed by atoms with Gasteiger partial charge in [0, 0.05) is 62.2 Å². The van der Waals surface area contributed by atoms with Crippen LogP contribution in [0.3, 0.4) is 0 Å². The van der Waals surface area contributed by atoms with Gasteiger partial charge in [-0.15, -0.1) is 0 Å². The quantitative estimate of drug-likeness (QED) is 0.0827. The Morgan fingerprint density at radius 2 is 1.72 bits per heavy atom. The maximum atomic E-state index is 13.8. The number of nitrogens with one attached hydrogen (secondary N) is 1. The van der Waals surface area contributed by atoms with Crippen LogP contribution in [0.5, 0.6) is 0 Å². The highest BCUT2D eigenvalue weighted by Crippen LogP contribution is 2.41. The van der Waals surface area contributed by atoms with Crippen LogP contribution in [-0.4, -0.2) is 107 Å². The first-order valence-corrected chi connectivity index (χ1v) is 21.1. The van der Waals surface area contributed by atoms with E-state index in [2.05, 4.69) is 5.32 Å². The van der Waals surface area contributed by atoms with Gasteiger partial charge < -0.3 is 44.3 Å². The largest absolute Gasteiger partial charge is 0.490 e. The summed E-state index contributed by atoms with van der Waals surface area (Å²) in [5, 5.41) is 37.7. The van der Waals surface area contributed by atoms with Gasteiger partial charge in [-0.1, -0.05) is 101 Å². The van der Waals surface area contributed by atoms with Gasteiger partial charge in [0.2, 0.25) is 11.7 Å². The highest BCUT2D eigenvalue weighted by Gasteiger charge is 2.52. The average molecular weight is 854 g/mol. The number of esters is 2. The zero-order chi connectivity index (χ0) is 45.6. The van der Waals surface area contributed by atoms with E-state index in [1.54, 1.807) is 52.0 Å². The number of allylic oxidation sites excluding steroid dienone is 8. The molecule has 3 aliphatic rings. The van der Waals surface area contributed by atoms with Crippen molar-refractivity contribution in [1.82, 2.24) is 5.32 Å². The smallest absolute Gasteiger partial charge is 0.373 e. The molecule has 2 fully saturated rings. The molecule has 0 bridgehead atoms. The number of ketones is 2. The van der Waals surface area contributed by atoms with Crippen LogP contribution in [0.4, 0.5) is 0 Å². The molecule has 61 heavy (non-hydrogen) atoms. The van der Waals surface area contributed by atoms with Crippen LogP contribution in [0.1, 0.15) is 87.5 Å². The molecule has 1 unspecified atom stereocenters. The molecule has 2 heterocycles. The van der Waals surface area contributed by atoms with Crippen molar-refractivity contribution in [3.05, 3.63) is 83.7 Å². The lowest BCUT2D eigenvalue weighted by molar-refractivity contribution is -0.314. The molecule has 0 spiro atoms. The number of hydrogen-bond acceptors (Lipinski definition) is 13. The van der Waals surface area contributed by atoms with E-state index in [9.17, 15) is 39.3 Å². The zero-order valence-corrected chi connectivity index (χ0v) is 37.2. The third-order valence-electron chi connectivity index (χ3n) is 11.8. The fraction of sp³-hybridized carbons (Fsp3) is 0.596. The summed E-state index contributed by atoms with van der Waals surface area (Å²) in [6, 6.07) is -1.25. The molecule has 2 aliphatic heterocycles. The lowest BCUT2D eigenvalue weighted by atomic mass is 9.77. The number of carbonyl (C=O) groups is 5. The number of aliphatic hydroxyl groups excluding tert-OH is 2. The van der Waals surface area contributed by atoms with Crippen molar-refractivity contribution in [2.45, 2.75) is 136 Å². The topological polar surface area (TPSA) is 204 Å². The van der Waals surface area contributed by atoms with Crippen molar-refractivity contribution in [3.63, 3.8) is 0 Å². The molecule has 1 aliphatic carbocycles. The molecule has 0 aromatic rings. The number of ether oxygens (including phenoxy) is 5. The van der Waals surface area contributed by atoms with E-state index >= 15 is 0 Å². The van der Waals surface area contributed by atoms with Gasteiger partial charge in [0.15, 0.2) is 17.4 Å². The lowest BCUT2D eigenvalue weighted by Crippen LogP contribution is -2.58. The van der Waals surface area contributed by atoms with E-state index in [0.29, 0.717) is 12.0 Å². The van der Waals surface area contributed by atoms with Crippen molar-refractivity contribution in [3.8, 4) is 0 Å². The van der Waals surface area contributed by atoms with E-state index < -0.39 is 95.6 Å². The molecule has 0 aromatic carbocycles. The van der Waals surface area contributed by atoms with Crippen molar-refractivity contribution in [2.24, 2.45) is 29.6 Å². The van der Waals surface area contributed by atoms with Gasteiger partial charge in [-0.25, -0.2) is 9.59 Å². The van der Waals surface area contributed by atoms with Crippen LogP contribution in [0, 0.1) is 29.6 Å². The van der Waals surface area contributed by atoms with E-state index in [1.807, 2.05) is 52.0 Å². The van der Waals surface area contributed by atoms with Crippen LogP contribution in [-0.2, 0) is 47.7 Å². The maximum absolute atomic E-state index is 13.8. The molecular formula is C47H67NO13. The van der Waals surface area contributed by atoms with Crippen LogP contribution in [0.25, 0.3) is 0 Å². The Morgan fingerprint density at radius 3 is 2.34 bits per heavy atom. The highest BCUT2D eigenvalue weighted by atomic mass is 16.6. The number of rotatable bonds is 13. The first-order valence-electron chi connectivity index (χ1n) is 21.1. The van der Waals surface area contributed by atoms with E-state index in [1.165, 1.54) is 20.3 Å². The summed E-state index contributed by atoms with van der Waals surface area (Å²) in [5.74, 6) is -8.38. The number of aliphatic hydroxyl groups is 3. The Balaban J connectivity index is 1.97. The number of cyclic esters (lactones) is 1. The van der Waals surface area contributed by atoms with Crippen LogP contribution < -0.4 is 5.32 Å². The monoisotopic (exact) mass is 853 g/mol. The van der Waals surface area contributed by atoms with E-state index in [0.717, 1.165) is 24.1 Å². The molecule has 3 rings (SSSR count). The van der Waals surface area contributed by atoms with Gasteiger partial charge in [-0.3, -0.25) is 14.4 Å². The second-order valence-electron chi connectivity index (χ2n) is 16.7. The molecule has 338 valence electrons. The lowest BCUT2D eigenvalue weighted by Gasteiger charge is -2.48. The fourth-order valence-electron chi connectivity index (χ4n) is 7.93. The minimum atomic E-state index is -2.10. The van der Waals surface area contributed by atoms with Gasteiger partial charge >= 0.3 is 11.9 Å². The van der Waals surface area contributed by atoms with Gasteiger partial charge in [-0.2, -0.15) is 0 Å². The molecule has 1 amide bonds. The normalized spacial score (nSPS) is 34.8. The molecule has 14 nitrogen and oxygen atoms in total. The molecule has 0 radical (unpaired) electrons. The summed E-state index contributed by atoms with van der Waals surface area (Å²) in [6.45, 7) is 14.6. The predicted molar refractivity (Wildman–Crippen MR) is 228 cm³/mol. The predicted octanol–water partition coefficient (Wildman–Crippen LogP) is 5.08. The Kier molecular flexibility index (Phi) is 19.7. The minimum Gasteiger partial charge on any atom is -0.490 e. The summed E-state index contributed by atoms with van der Waals surface area (Å²) in [6.07, 6.45) is 13.1. The summed E-state index contributed by atoms with van der Waals surface area (Å²) >= 11 is 0. The average Bonchev–Trinajstić information content (AvgIpc) is 3.53. The fourth-order valence-corrected chi connectivity index (χ4v) is 7.93. The Bertz CT molecular complexity index is 1760. The summed E-state index contributed by atoms with van der Waals surface area (Å²) in [7, 11) is 2.78. The van der Waals surface area contributed by atoms with Crippen LogP contribution in [0.15, 0.2) is 83.7 Å². The second-order valence-corrected chi connectivity index (χ2v) is 16.7. The summed E-state index contributed by atoms with van der Waals surface area (Å²) < 4.78 is 29.5. The molecule has 14 heteroatoms. The van der Waals surface area contributed by atoms with Gasteiger partial charge in [-0.05, 0) is 38.7 Å². The van der Waals surface area contributed by atoms with Gasteiger partial charge in [0.05, 0.1) is 25.4 Å². The Morgan fingerprint density at radius 1 is 1.05 bits per heavy atom. The molecule has 12 atom stereocenters. The minimum absolute atomic E-state index is 0.0402. The number of Topliss-reactive ketones (excluding diaryl/α,β-unsaturated/α-hetero) is 2. The van der Waals surface area contributed by atoms with Crippen LogP contribution in [0.2, 0.25) is 0 Å². The zero-order valence-electron chi connectivity index (χ0n) is 37.2. The highest BCUT2D eigenvalue weighted by molar-refractivity contribution is 6.14. The molecule has 0 aromatic heterocycles. The Labute approximate surface area is 360 Å². The maximum Gasteiger partial charge on any atom is 0.373 e. The molecule has 1 saturated heterocycles. The number of hydrogen-bond donors (Lipinski definition) is 4. The SMILES string of the molecule is CC/C=C/C=C/[C@H]1O[C@@](O)([C@@H](C)[C@H](O)[C@H](C)[C@H]2OC(=O)/C(OC)=C/C(C)=C/C(C)[C@@H](O)[C@@H](C)C/C(C)=C/C=C/[C@@H]2OC)C[C@@H](OC(=O)/C=C/C(=O)NC2C(=O)CCC2=O)[C@@H]1C. The van der Waals surface area contributed by atoms with Crippen molar-refractivity contribution in [2.75, 3.05) is 14.2 Å². The molecular weight excluding hydrogens is 787 g/mol. The third kappa shape index (κ3) is 14.3. The standard InChI is InChI=1S/C47H67NO13/c1-11-12-13-14-17-36-31(6)39(59-41(52)22-21-40(51)48-42-34(49)19-20-35(42)50)26-47(56,61-36)33(8)44(54)32(7)45-37(57-9)18-15-16-27(2)23-29(4)43(53)30(5)24-28(3)25-38(58-10)46(55)60-45/h12-18,21-22,24-25,29-33,36-37,39,42-45,53-54,56H,11,19-20,23,26H2,1-10H3,(H,48,51)/b13-12+,17-14+,18-15+,22-21+,27-16+,28-24+,38-25-/t29-,30?,31+,32-,33-,36+,37-,39+,43-,44+,45+,47+/m0/s1. The number of amides is 1. The van der Waals surface area contributed by atoms with Crippen LogP contribution >= 0.6 is 0 Å². The first kappa shape index (κ1) is 50.9. The number of methoxy groups -OCH3 is 2. The van der Waals surface area contributed by atoms with Gasteiger partial charge in [0.25, 0.3) is 0 Å². The van der Waals surface area contributed by atoms with Gasteiger partial charge in [0.1, 0.15) is 24.4 Å². The molecule has 4 N–H and O–H groups in total. The van der Waals surface area contributed by atoms with E-state index in [4.69, 9.17) is 23.7 Å². The van der Waals surface area contributed by atoms with Crippen molar-refractivity contribution in [1.29, 1.82) is 0 Å². The third-order valence-corrected chi connectivity index (χ3v) is 11.8.